The van der Waals surface area contributed by atoms with E-state index in [1.165, 1.54) is 6.07 Å². The van der Waals surface area contributed by atoms with Crippen LogP contribution >= 0.6 is 23.2 Å². The summed E-state index contributed by atoms with van der Waals surface area (Å²) in [4.78, 5) is 22.1. The summed E-state index contributed by atoms with van der Waals surface area (Å²) in [5, 5.41) is 22.2. The number of rotatable bonds is 5. The number of hydrogen-bond acceptors (Lipinski definition) is 4. The lowest BCUT2D eigenvalue weighted by Crippen LogP contribution is -2.38. The molecule has 0 saturated carbocycles. The van der Waals surface area contributed by atoms with Gasteiger partial charge in [0.05, 0.1) is 9.95 Å². The van der Waals surface area contributed by atoms with Crippen molar-refractivity contribution >= 4 is 34.8 Å². The van der Waals surface area contributed by atoms with E-state index in [1.807, 2.05) is 0 Å². The minimum atomic E-state index is -0.704. The number of amides is 1. The first kappa shape index (κ1) is 16.7. The Morgan fingerprint density at radius 1 is 1.45 bits per heavy atom. The summed E-state index contributed by atoms with van der Waals surface area (Å²) in [5.41, 5.74) is -0.379. The number of benzene rings is 1. The van der Waals surface area contributed by atoms with Crippen LogP contribution in [-0.4, -0.2) is 28.6 Å². The molecule has 0 aromatic heterocycles. The van der Waals surface area contributed by atoms with Gasteiger partial charge in [-0.25, -0.2) is 0 Å². The average Bonchev–Trinajstić information content (AvgIpc) is 2.39. The summed E-state index contributed by atoms with van der Waals surface area (Å²) in [7, 11) is 0. The predicted molar refractivity (Wildman–Crippen MR) is 76.3 cm³/mol. The van der Waals surface area contributed by atoms with Crippen molar-refractivity contribution in [2.45, 2.75) is 19.9 Å². The van der Waals surface area contributed by atoms with Crippen molar-refractivity contribution in [1.82, 2.24) is 5.32 Å². The summed E-state index contributed by atoms with van der Waals surface area (Å²) < 4.78 is 0. The molecule has 0 aliphatic carbocycles. The molecule has 0 saturated heterocycles. The molecule has 1 aromatic rings. The van der Waals surface area contributed by atoms with Gasteiger partial charge in [0.15, 0.2) is 0 Å². The molecule has 2 N–H and O–H groups in total. The second-order valence-corrected chi connectivity index (χ2v) is 5.26. The molecule has 2 atom stereocenters. The Balaban J connectivity index is 3.02. The lowest BCUT2D eigenvalue weighted by atomic mass is 10.0. The maximum absolute atomic E-state index is 12.0. The van der Waals surface area contributed by atoms with Gasteiger partial charge in [-0.2, -0.15) is 0 Å². The molecule has 2 unspecified atom stereocenters. The minimum absolute atomic E-state index is 0.0445. The predicted octanol–water partition coefficient (Wildman–Crippen LogP) is 2.65. The lowest BCUT2D eigenvalue weighted by molar-refractivity contribution is -0.384. The number of nitro benzene ring substituents is 1. The van der Waals surface area contributed by atoms with Gasteiger partial charge >= 0.3 is 0 Å². The first-order valence-electron chi connectivity index (χ1n) is 5.83. The van der Waals surface area contributed by atoms with E-state index in [1.54, 1.807) is 13.8 Å². The fourth-order valence-electron chi connectivity index (χ4n) is 1.43. The number of aliphatic hydroxyl groups excluding tert-OH is 1. The number of nitro groups is 1. The molecule has 6 nitrogen and oxygen atoms in total. The standard InChI is InChI=1S/C12H14Cl2N2O4/c1-6(5-17)7(2)15-12(18)8-3-9(13)11(14)10(4-8)16(19)20/h3-4,6-7,17H,5H2,1-2H3,(H,15,18). The van der Waals surface area contributed by atoms with Crippen LogP contribution < -0.4 is 5.32 Å². The van der Waals surface area contributed by atoms with E-state index in [0.29, 0.717) is 0 Å². The van der Waals surface area contributed by atoms with E-state index in [4.69, 9.17) is 28.3 Å². The second kappa shape index (κ2) is 6.88. The molecule has 0 bridgehead atoms. The maximum atomic E-state index is 12.0. The molecular formula is C12H14Cl2N2O4. The van der Waals surface area contributed by atoms with Crippen LogP contribution in [0.4, 0.5) is 5.69 Å². The molecule has 20 heavy (non-hydrogen) atoms. The fourth-order valence-corrected chi connectivity index (χ4v) is 1.82. The maximum Gasteiger partial charge on any atom is 0.290 e. The van der Waals surface area contributed by atoms with Crippen LogP contribution in [0.2, 0.25) is 10.0 Å². The number of carbonyl (C=O) groups is 1. The van der Waals surface area contributed by atoms with Gasteiger partial charge in [0.25, 0.3) is 11.6 Å². The normalized spacial score (nSPS) is 13.7. The van der Waals surface area contributed by atoms with Gasteiger partial charge < -0.3 is 10.4 Å². The smallest absolute Gasteiger partial charge is 0.290 e. The van der Waals surface area contributed by atoms with Crippen molar-refractivity contribution < 1.29 is 14.8 Å². The third kappa shape index (κ3) is 3.82. The van der Waals surface area contributed by atoms with Crippen LogP contribution in [0.5, 0.6) is 0 Å². The van der Waals surface area contributed by atoms with Gasteiger partial charge in [0, 0.05) is 24.3 Å². The van der Waals surface area contributed by atoms with Crippen molar-refractivity contribution in [1.29, 1.82) is 0 Å². The molecule has 110 valence electrons. The first-order chi connectivity index (χ1) is 9.27. The second-order valence-electron chi connectivity index (χ2n) is 4.47. The van der Waals surface area contributed by atoms with Crippen LogP contribution in [0, 0.1) is 16.0 Å². The van der Waals surface area contributed by atoms with E-state index < -0.39 is 16.5 Å². The summed E-state index contributed by atoms with van der Waals surface area (Å²) >= 11 is 11.5. The van der Waals surface area contributed by atoms with Gasteiger partial charge in [0.1, 0.15) is 5.02 Å². The Morgan fingerprint density at radius 2 is 2.05 bits per heavy atom. The van der Waals surface area contributed by atoms with Crippen molar-refractivity contribution in [3.05, 3.63) is 37.9 Å². The zero-order valence-corrected chi connectivity index (χ0v) is 12.4. The van der Waals surface area contributed by atoms with Gasteiger partial charge in [-0.1, -0.05) is 30.1 Å². The molecule has 1 aromatic carbocycles. The van der Waals surface area contributed by atoms with E-state index in [9.17, 15) is 14.9 Å². The Bertz CT molecular complexity index is 536. The largest absolute Gasteiger partial charge is 0.396 e. The molecule has 8 heteroatoms. The Kier molecular flexibility index (Phi) is 5.74. The molecule has 1 amide bonds. The van der Waals surface area contributed by atoms with Crippen LogP contribution in [0.15, 0.2) is 12.1 Å². The molecule has 0 spiro atoms. The molecule has 1 rings (SSSR count). The van der Waals surface area contributed by atoms with Crippen LogP contribution in [-0.2, 0) is 0 Å². The zero-order chi connectivity index (χ0) is 15.4. The molecule has 0 heterocycles. The van der Waals surface area contributed by atoms with Crippen LogP contribution in [0.1, 0.15) is 24.2 Å². The van der Waals surface area contributed by atoms with Crippen LogP contribution in [0.3, 0.4) is 0 Å². The topological polar surface area (TPSA) is 92.5 Å². The fraction of sp³-hybridized carbons (Fsp3) is 0.417. The third-order valence-corrected chi connectivity index (χ3v) is 3.76. The summed E-state index contributed by atoms with van der Waals surface area (Å²) in [5.74, 6) is -0.656. The quantitative estimate of drug-likeness (QED) is 0.644. The third-order valence-electron chi connectivity index (χ3n) is 2.97. The van der Waals surface area contributed by atoms with E-state index >= 15 is 0 Å². The molecular weight excluding hydrogens is 307 g/mol. The summed E-state index contributed by atoms with van der Waals surface area (Å²) in [6.07, 6.45) is 0. The van der Waals surface area contributed by atoms with Crippen LogP contribution in [0.25, 0.3) is 0 Å². The molecule has 0 radical (unpaired) electrons. The Morgan fingerprint density at radius 3 is 2.55 bits per heavy atom. The van der Waals surface area contributed by atoms with Gasteiger partial charge in [-0.15, -0.1) is 0 Å². The van der Waals surface area contributed by atoms with Gasteiger partial charge in [0.2, 0.25) is 0 Å². The number of halogens is 2. The highest BCUT2D eigenvalue weighted by atomic mass is 35.5. The van der Waals surface area contributed by atoms with Crippen molar-refractivity contribution in [3.8, 4) is 0 Å². The van der Waals surface area contributed by atoms with E-state index in [2.05, 4.69) is 5.32 Å². The molecule has 0 aliphatic heterocycles. The van der Waals surface area contributed by atoms with Gasteiger partial charge in [-0.3, -0.25) is 14.9 Å². The minimum Gasteiger partial charge on any atom is -0.396 e. The lowest BCUT2D eigenvalue weighted by Gasteiger charge is -2.19. The highest BCUT2D eigenvalue weighted by Gasteiger charge is 2.21. The van der Waals surface area contributed by atoms with Crippen molar-refractivity contribution in [3.63, 3.8) is 0 Å². The number of hydrogen-bond donors (Lipinski definition) is 2. The SMILES string of the molecule is CC(CO)C(C)NC(=O)c1cc(Cl)c(Cl)c([N+](=O)[O-])c1. The average molecular weight is 321 g/mol. The number of nitrogens with one attached hydrogen (secondary N) is 1. The zero-order valence-electron chi connectivity index (χ0n) is 10.9. The summed E-state index contributed by atoms with van der Waals surface area (Å²) in [6.45, 7) is 3.41. The number of aliphatic hydroxyl groups is 1. The van der Waals surface area contributed by atoms with Crippen molar-refractivity contribution in [2.24, 2.45) is 5.92 Å². The Labute approximate surface area is 125 Å². The van der Waals surface area contributed by atoms with E-state index in [0.717, 1.165) is 6.07 Å². The first-order valence-corrected chi connectivity index (χ1v) is 6.58. The van der Waals surface area contributed by atoms with Crippen molar-refractivity contribution in [2.75, 3.05) is 6.61 Å². The number of carbonyl (C=O) groups excluding carboxylic acids is 1. The molecule has 0 aliphatic rings. The summed E-state index contributed by atoms with van der Waals surface area (Å²) in [6, 6.07) is 2.05. The van der Waals surface area contributed by atoms with Gasteiger partial charge in [-0.05, 0) is 18.9 Å². The number of nitrogens with zero attached hydrogens (tertiary/aromatic N) is 1. The molecule has 0 fully saturated rings. The monoisotopic (exact) mass is 320 g/mol. The highest BCUT2D eigenvalue weighted by Crippen LogP contribution is 2.33. The van der Waals surface area contributed by atoms with E-state index in [-0.39, 0.29) is 34.2 Å². The Hall–Kier alpha value is -1.37. The highest BCUT2D eigenvalue weighted by molar-refractivity contribution is 6.43.